The molecule has 3 amide bonds. The fourth-order valence-electron chi connectivity index (χ4n) is 2.34. The third-order valence-corrected chi connectivity index (χ3v) is 3.69. The molecular formula is C16H23N3O3. The Hall–Kier alpha value is -2.08. The quantitative estimate of drug-likeness (QED) is 0.825. The van der Waals surface area contributed by atoms with Gasteiger partial charge in [-0.15, -0.1) is 0 Å². The lowest BCUT2D eigenvalue weighted by Crippen LogP contribution is -2.48. The summed E-state index contributed by atoms with van der Waals surface area (Å²) in [5.41, 5.74) is 2.23. The van der Waals surface area contributed by atoms with Gasteiger partial charge in [-0.05, 0) is 18.9 Å². The zero-order chi connectivity index (χ0) is 15.9. The van der Waals surface area contributed by atoms with E-state index in [2.05, 4.69) is 10.6 Å². The molecule has 120 valence electrons. The first-order valence-electron chi connectivity index (χ1n) is 7.48. The van der Waals surface area contributed by atoms with Gasteiger partial charge in [0.2, 0.25) is 5.91 Å². The average molecular weight is 305 g/mol. The smallest absolute Gasteiger partial charge is 0.318 e. The maximum Gasteiger partial charge on any atom is 0.318 e. The fourth-order valence-corrected chi connectivity index (χ4v) is 2.34. The maximum atomic E-state index is 12.4. The molecule has 2 rings (SSSR count). The second kappa shape index (κ2) is 7.79. The SMILES string of the molecule is COCCN(Cc1ccc(C)cc1)C(=O)NC1CCNC1=O. The van der Waals surface area contributed by atoms with Crippen LogP contribution >= 0.6 is 0 Å². The highest BCUT2D eigenvalue weighted by molar-refractivity contribution is 5.88. The molecule has 0 aromatic heterocycles. The number of carbonyl (C=O) groups is 2. The Morgan fingerprint density at radius 1 is 1.41 bits per heavy atom. The molecule has 22 heavy (non-hydrogen) atoms. The molecule has 6 heteroatoms. The summed E-state index contributed by atoms with van der Waals surface area (Å²) in [6.07, 6.45) is 0.632. The van der Waals surface area contributed by atoms with Crippen LogP contribution in [-0.4, -0.2) is 49.7 Å². The van der Waals surface area contributed by atoms with Crippen molar-refractivity contribution in [3.05, 3.63) is 35.4 Å². The number of aryl methyl sites for hydroxylation is 1. The van der Waals surface area contributed by atoms with Gasteiger partial charge < -0.3 is 20.3 Å². The number of carbonyl (C=O) groups excluding carboxylic acids is 2. The van der Waals surface area contributed by atoms with Crippen molar-refractivity contribution in [1.29, 1.82) is 0 Å². The molecule has 1 aromatic carbocycles. The minimum Gasteiger partial charge on any atom is -0.383 e. The van der Waals surface area contributed by atoms with Crippen LogP contribution in [0.3, 0.4) is 0 Å². The van der Waals surface area contributed by atoms with Gasteiger partial charge in [-0.2, -0.15) is 0 Å². The Kier molecular flexibility index (Phi) is 5.77. The van der Waals surface area contributed by atoms with E-state index >= 15 is 0 Å². The first kappa shape index (κ1) is 16.3. The second-order valence-electron chi connectivity index (χ2n) is 5.48. The minimum absolute atomic E-state index is 0.115. The molecular weight excluding hydrogens is 282 g/mol. The van der Waals surface area contributed by atoms with Crippen molar-refractivity contribution in [2.45, 2.75) is 25.9 Å². The Bertz CT molecular complexity index is 516. The monoisotopic (exact) mass is 305 g/mol. The van der Waals surface area contributed by atoms with E-state index in [4.69, 9.17) is 4.74 Å². The van der Waals surface area contributed by atoms with Crippen LogP contribution in [-0.2, 0) is 16.1 Å². The summed E-state index contributed by atoms with van der Waals surface area (Å²) in [5, 5.41) is 5.50. The van der Waals surface area contributed by atoms with Crippen LogP contribution < -0.4 is 10.6 Å². The summed E-state index contributed by atoms with van der Waals surface area (Å²) in [4.78, 5) is 25.6. The zero-order valence-electron chi connectivity index (χ0n) is 13.1. The van der Waals surface area contributed by atoms with Crippen LogP contribution in [0.2, 0.25) is 0 Å². The summed E-state index contributed by atoms with van der Waals surface area (Å²) in [7, 11) is 1.60. The van der Waals surface area contributed by atoms with Crippen LogP contribution in [0, 0.1) is 6.92 Å². The van der Waals surface area contributed by atoms with Crippen molar-refractivity contribution in [3.8, 4) is 0 Å². The van der Waals surface area contributed by atoms with E-state index in [0.29, 0.717) is 32.7 Å². The Labute approximate surface area is 130 Å². The van der Waals surface area contributed by atoms with E-state index < -0.39 is 6.04 Å². The molecule has 1 heterocycles. The van der Waals surface area contributed by atoms with Gasteiger partial charge in [-0.1, -0.05) is 29.8 Å². The predicted molar refractivity (Wildman–Crippen MR) is 83.4 cm³/mol. The molecule has 1 unspecified atom stereocenters. The molecule has 0 radical (unpaired) electrons. The van der Waals surface area contributed by atoms with Crippen LogP contribution in [0.15, 0.2) is 24.3 Å². The largest absolute Gasteiger partial charge is 0.383 e. The number of hydrogen-bond acceptors (Lipinski definition) is 3. The number of hydrogen-bond donors (Lipinski definition) is 2. The van der Waals surface area contributed by atoms with E-state index in [1.807, 2.05) is 31.2 Å². The number of ether oxygens (including phenoxy) is 1. The molecule has 2 N–H and O–H groups in total. The average Bonchev–Trinajstić information content (AvgIpc) is 2.90. The lowest BCUT2D eigenvalue weighted by atomic mass is 10.1. The predicted octanol–water partition coefficient (Wildman–Crippen LogP) is 1.04. The van der Waals surface area contributed by atoms with Crippen molar-refractivity contribution in [2.75, 3.05) is 26.8 Å². The zero-order valence-corrected chi connectivity index (χ0v) is 13.1. The molecule has 1 aliphatic rings. The number of nitrogens with one attached hydrogen (secondary N) is 2. The summed E-state index contributed by atoms with van der Waals surface area (Å²) in [6, 6.07) is 7.38. The van der Waals surface area contributed by atoms with E-state index in [9.17, 15) is 9.59 Å². The Balaban J connectivity index is 1.99. The fraction of sp³-hybridized carbons (Fsp3) is 0.500. The van der Waals surface area contributed by atoms with Gasteiger partial charge in [0.05, 0.1) is 6.61 Å². The van der Waals surface area contributed by atoms with Gasteiger partial charge in [-0.25, -0.2) is 4.79 Å². The molecule has 0 spiro atoms. The van der Waals surface area contributed by atoms with Gasteiger partial charge >= 0.3 is 6.03 Å². The van der Waals surface area contributed by atoms with Gasteiger partial charge in [0.1, 0.15) is 6.04 Å². The summed E-state index contributed by atoms with van der Waals surface area (Å²) in [5.74, 6) is -0.115. The highest BCUT2D eigenvalue weighted by Crippen LogP contribution is 2.08. The van der Waals surface area contributed by atoms with Gasteiger partial charge in [0.15, 0.2) is 0 Å². The number of urea groups is 1. The standard InChI is InChI=1S/C16H23N3O3/c1-12-3-5-13(6-4-12)11-19(9-10-22-2)16(21)18-14-7-8-17-15(14)20/h3-6,14H,7-11H2,1-2H3,(H,17,20)(H,18,21). The molecule has 1 atom stereocenters. The van der Waals surface area contributed by atoms with Crippen LogP contribution in [0.5, 0.6) is 0 Å². The molecule has 6 nitrogen and oxygen atoms in total. The second-order valence-corrected chi connectivity index (χ2v) is 5.48. The van der Waals surface area contributed by atoms with Gasteiger partial charge in [0.25, 0.3) is 0 Å². The highest BCUT2D eigenvalue weighted by atomic mass is 16.5. The van der Waals surface area contributed by atoms with Crippen molar-refractivity contribution in [3.63, 3.8) is 0 Å². The topological polar surface area (TPSA) is 70.7 Å². The molecule has 0 saturated carbocycles. The van der Waals surface area contributed by atoms with Crippen molar-refractivity contribution < 1.29 is 14.3 Å². The number of nitrogens with zero attached hydrogens (tertiary/aromatic N) is 1. The molecule has 1 aromatic rings. The molecule has 1 saturated heterocycles. The van der Waals surface area contributed by atoms with E-state index in [0.717, 1.165) is 5.56 Å². The minimum atomic E-state index is -0.435. The summed E-state index contributed by atoms with van der Waals surface area (Å²) >= 11 is 0. The van der Waals surface area contributed by atoms with E-state index in [1.54, 1.807) is 12.0 Å². The highest BCUT2D eigenvalue weighted by Gasteiger charge is 2.27. The maximum absolute atomic E-state index is 12.4. The number of methoxy groups -OCH3 is 1. The third kappa shape index (κ3) is 4.46. The third-order valence-electron chi connectivity index (χ3n) is 3.69. The number of amides is 3. The molecule has 0 bridgehead atoms. The normalized spacial score (nSPS) is 17.2. The Morgan fingerprint density at radius 2 is 2.14 bits per heavy atom. The van der Waals surface area contributed by atoms with Crippen LogP contribution in [0.4, 0.5) is 4.79 Å². The molecule has 1 aliphatic heterocycles. The first-order valence-corrected chi connectivity index (χ1v) is 7.48. The van der Waals surface area contributed by atoms with Crippen molar-refractivity contribution in [2.24, 2.45) is 0 Å². The van der Waals surface area contributed by atoms with Crippen LogP contribution in [0.25, 0.3) is 0 Å². The number of rotatable bonds is 6. The first-order chi connectivity index (χ1) is 10.6. The van der Waals surface area contributed by atoms with Crippen molar-refractivity contribution >= 4 is 11.9 Å². The lowest BCUT2D eigenvalue weighted by Gasteiger charge is -2.24. The summed E-state index contributed by atoms with van der Waals surface area (Å²) < 4.78 is 5.07. The van der Waals surface area contributed by atoms with Crippen molar-refractivity contribution in [1.82, 2.24) is 15.5 Å². The Morgan fingerprint density at radius 3 is 2.73 bits per heavy atom. The molecule has 0 aliphatic carbocycles. The number of benzene rings is 1. The van der Waals surface area contributed by atoms with E-state index in [1.165, 1.54) is 5.56 Å². The molecule has 1 fully saturated rings. The van der Waals surface area contributed by atoms with Crippen LogP contribution in [0.1, 0.15) is 17.5 Å². The van der Waals surface area contributed by atoms with Gasteiger partial charge in [-0.3, -0.25) is 4.79 Å². The lowest BCUT2D eigenvalue weighted by molar-refractivity contribution is -0.120. The van der Waals surface area contributed by atoms with E-state index in [-0.39, 0.29) is 11.9 Å². The summed E-state index contributed by atoms with van der Waals surface area (Å²) in [6.45, 7) is 4.06. The van der Waals surface area contributed by atoms with Gasteiger partial charge in [0, 0.05) is 26.7 Å².